The molecular formula is C27H26N6O2. The number of hydrogen-bond acceptors (Lipinski definition) is 7. The largest absolute Gasteiger partial charge is 0.496 e. The Morgan fingerprint density at radius 2 is 1.86 bits per heavy atom. The molecule has 35 heavy (non-hydrogen) atoms. The first-order chi connectivity index (χ1) is 17.2. The minimum absolute atomic E-state index is 0.0334. The summed E-state index contributed by atoms with van der Waals surface area (Å²) in [5, 5.41) is 7.54. The summed E-state index contributed by atoms with van der Waals surface area (Å²) in [4.78, 5) is 27.5. The van der Waals surface area contributed by atoms with Crippen LogP contribution in [0.2, 0.25) is 0 Å². The molecule has 0 atom stereocenters. The zero-order chi connectivity index (χ0) is 24.0. The smallest absolute Gasteiger partial charge is 0.246 e. The number of anilines is 4. The summed E-state index contributed by atoms with van der Waals surface area (Å²) < 4.78 is 5.54. The number of rotatable bonds is 7. The lowest BCUT2D eigenvalue weighted by Gasteiger charge is -2.13. The van der Waals surface area contributed by atoms with E-state index in [0.717, 1.165) is 53.8 Å². The van der Waals surface area contributed by atoms with Gasteiger partial charge in [0.2, 0.25) is 11.9 Å². The van der Waals surface area contributed by atoms with Gasteiger partial charge in [-0.1, -0.05) is 18.2 Å². The molecule has 0 unspecified atom stereocenters. The molecule has 176 valence electrons. The first-order valence-electron chi connectivity index (χ1n) is 11.5. The van der Waals surface area contributed by atoms with Crippen molar-refractivity contribution in [1.29, 1.82) is 0 Å². The molecule has 8 nitrogen and oxygen atoms in total. The van der Waals surface area contributed by atoms with Gasteiger partial charge in [0.1, 0.15) is 11.6 Å². The normalized spacial score (nSPS) is 13.3. The van der Waals surface area contributed by atoms with Crippen molar-refractivity contribution < 1.29 is 9.53 Å². The van der Waals surface area contributed by atoms with Gasteiger partial charge >= 0.3 is 0 Å². The number of benzene rings is 2. The van der Waals surface area contributed by atoms with Gasteiger partial charge in [-0.05, 0) is 49.2 Å². The highest BCUT2D eigenvalue weighted by molar-refractivity contribution is 5.92. The number of ether oxygens (including phenoxy) is 1. The van der Waals surface area contributed by atoms with Crippen molar-refractivity contribution in [3.05, 3.63) is 78.6 Å². The van der Waals surface area contributed by atoms with E-state index in [2.05, 4.69) is 25.6 Å². The standard InChI is InChI=1S/C27H26N6O2/c1-35-24-17-21(10-8-19(24)9-11-26(34)33-14-4-5-15-33)31-27-28-13-12-25(32-27)30-22-16-20-6-2-3-7-23(20)29-18-22/h2-3,6-13,16-18H,4-5,14-15H2,1H3,(H2,28,30,31,32)/b11-9+. The van der Waals surface area contributed by atoms with Gasteiger partial charge in [-0.3, -0.25) is 9.78 Å². The Morgan fingerprint density at radius 3 is 2.71 bits per heavy atom. The summed E-state index contributed by atoms with van der Waals surface area (Å²) in [6.07, 6.45) is 9.01. The van der Waals surface area contributed by atoms with E-state index in [1.807, 2.05) is 53.4 Å². The number of nitrogens with one attached hydrogen (secondary N) is 2. The van der Waals surface area contributed by atoms with Gasteiger partial charge in [-0.2, -0.15) is 4.98 Å². The molecule has 0 spiro atoms. The number of aromatic nitrogens is 3. The van der Waals surface area contributed by atoms with Gasteiger partial charge in [-0.15, -0.1) is 0 Å². The first-order valence-corrected chi connectivity index (χ1v) is 11.5. The molecule has 3 heterocycles. The summed E-state index contributed by atoms with van der Waals surface area (Å²) in [5.74, 6) is 1.77. The molecule has 4 aromatic rings. The van der Waals surface area contributed by atoms with Crippen LogP contribution in [0.4, 0.5) is 23.1 Å². The van der Waals surface area contributed by atoms with Gasteiger partial charge in [0.15, 0.2) is 0 Å². The van der Waals surface area contributed by atoms with Crippen molar-refractivity contribution in [1.82, 2.24) is 19.9 Å². The van der Waals surface area contributed by atoms with E-state index in [1.165, 1.54) is 0 Å². The van der Waals surface area contributed by atoms with E-state index in [4.69, 9.17) is 4.74 Å². The highest BCUT2D eigenvalue weighted by Gasteiger charge is 2.15. The van der Waals surface area contributed by atoms with Crippen molar-refractivity contribution in [3.8, 4) is 5.75 Å². The molecule has 2 aromatic heterocycles. The Labute approximate surface area is 203 Å². The Balaban J connectivity index is 1.28. The fourth-order valence-electron chi connectivity index (χ4n) is 4.04. The number of amides is 1. The second kappa shape index (κ2) is 10.2. The van der Waals surface area contributed by atoms with Crippen LogP contribution in [0.25, 0.3) is 17.0 Å². The minimum Gasteiger partial charge on any atom is -0.496 e. The van der Waals surface area contributed by atoms with E-state index in [0.29, 0.717) is 17.5 Å². The third kappa shape index (κ3) is 5.38. The molecule has 0 aliphatic carbocycles. The zero-order valence-corrected chi connectivity index (χ0v) is 19.4. The van der Waals surface area contributed by atoms with Crippen molar-refractivity contribution in [2.45, 2.75) is 12.8 Å². The van der Waals surface area contributed by atoms with Crippen molar-refractivity contribution in [2.75, 3.05) is 30.8 Å². The average Bonchev–Trinajstić information content (AvgIpc) is 3.43. The van der Waals surface area contributed by atoms with Crippen LogP contribution in [0, 0.1) is 0 Å². The fraction of sp³-hybridized carbons (Fsp3) is 0.185. The number of carbonyl (C=O) groups excluding carboxylic acids is 1. The van der Waals surface area contributed by atoms with E-state index in [1.54, 1.807) is 37.7 Å². The molecule has 2 aromatic carbocycles. The lowest BCUT2D eigenvalue weighted by Crippen LogP contribution is -2.25. The second-order valence-corrected chi connectivity index (χ2v) is 8.25. The van der Waals surface area contributed by atoms with Gasteiger partial charge in [0, 0.05) is 48.1 Å². The SMILES string of the molecule is COc1cc(Nc2nccc(Nc3cnc4ccccc4c3)n2)ccc1/C=C/C(=O)N1CCCC1. The van der Waals surface area contributed by atoms with Gasteiger partial charge in [0.05, 0.1) is 24.5 Å². The summed E-state index contributed by atoms with van der Waals surface area (Å²) in [7, 11) is 1.61. The van der Waals surface area contributed by atoms with Gasteiger partial charge in [-0.25, -0.2) is 4.98 Å². The van der Waals surface area contributed by atoms with Crippen LogP contribution >= 0.6 is 0 Å². The number of fused-ring (bicyclic) bond motifs is 1. The lowest BCUT2D eigenvalue weighted by molar-refractivity contribution is -0.124. The van der Waals surface area contributed by atoms with Crippen LogP contribution in [-0.4, -0.2) is 46.0 Å². The zero-order valence-electron chi connectivity index (χ0n) is 19.4. The molecule has 1 saturated heterocycles. The van der Waals surface area contributed by atoms with Crippen LogP contribution in [0.1, 0.15) is 18.4 Å². The van der Waals surface area contributed by atoms with Crippen molar-refractivity contribution in [2.24, 2.45) is 0 Å². The maximum atomic E-state index is 12.3. The van der Waals surface area contributed by atoms with Crippen LogP contribution in [0.5, 0.6) is 5.75 Å². The third-order valence-electron chi connectivity index (χ3n) is 5.83. The van der Waals surface area contributed by atoms with Gasteiger partial charge in [0.25, 0.3) is 0 Å². The van der Waals surface area contributed by atoms with Crippen LogP contribution in [-0.2, 0) is 4.79 Å². The maximum absolute atomic E-state index is 12.3. The molecule has 8 heteroatoms. The predicted octanol–water partition coefficient (Wildman–Crippen LogP) is 5.16. The number of para-hydroxylation sites is 1. The Hall–Kier alpha value is -4.46. The topological polar surface area (TPSA) is 92.3 Å². The second-order valence-electron chi connectivity index (χ2n) is 8.25. The Kier molecular flexibility index (Phi) is 6.52. The lowest BCUT2D eigenvalue weighted by atomic mass is 10.1. The van der Waals surface area contributed by atoms with E-state index in [9.17, 15) is 4.79 Å². The van der Waals surface area contributed by atoms with E-state index < -0.39 is 0 Å². The van der Waals surface area contributed by atoms with Gasteiger partial charge < -0.3 is 20.3 Å². The molecule has 1 aliphatic rings. The van der Waals surface area contributed by atoms with Crippen LogP contribution in [0.3, 0.4) is 0 Å². The molecule has 1 aliphatic heterocycles. The highest BCUT2D eigenvalue weighted by atomic mass is 16.5. The van der Waals surface area contributed by atoms with Crippen molar-refractivity contribution in [3.63, 3.8) is 0 Å². The van der Waals surface area contributed by atoms with Crippen molar-refractivity contribution >= 4 is 46.0 Å². The molecule has 1 amide bonds. The number of pyridine rings is 1. The van der Waals surface area contributed by atoms with E-state index >= 15 is 0 Å². The van der Waals surface area contributed by atoms with E-state index in [-0.39, 0.29) is 5.91 Å². The molecule has 0 saturated carbocycles. The summed E-state index contributed by atoms with van der Waals surface area (Å²) in [5.41, 5.74) is 3.38. The molecular weight excluding hydrogens is 440 g/mol. The predicted molar refractivity (Wildman–Crippen MR) is 138 cm³/mol. The number of nitrogens with zero attached hydrogens (tertiary/aromatic N) is 4. The summed E-state index contributed by atoms with van der Waals surface area (Å²) in [6.45, 7) is 1.66. The molecule has 5 rings (SSSR count). The number of hydrogen-bond donors (Lipinski definition) is 2. The molecule has 1 fully saturated rings. The number of methoxy groups -OCH3 is 1. The molecule has 0 radical (unpaired) electrons. The quantitative estimate of drug-likeness (QED) is 0.364. The first kappa shape index (κ1) is 22.3. The fourth-order valence-corrected chi connectivity index (χ4v) is 4.04. The van der Waals surface area contributed by atoms with Crippen LogP contribution in [0.15, 0.2) is 73.1 Å². The third-order valence-corrected chi connectivity index (χ3v) is 5.83. The average molecular weight is 467 g/mol. The maximum Gasteiger partial charge on any atom is 0.246 e. The molecule has 2 N–H and O–H groups in total. The summed E-state index contributed by atoms with van der Waals surface area (Å²) >= 11 is 0. The Bertz CT molecular complexity index is 1380. The summed E-state index contributed by atoms with van der Waals surface area (Å²) in [6, 6.07) is 17.4. The highest BCUT2D eigenvalue weighted by Crippen LogP contribution is 2.27. The monoisotopic (exact) mass is 466 g/mol. The number of carbonyl (C=O) groups is 1. The minimum atomic E-state index is 0.0334. The number of likely N-dealkylation sites (tertiary alicyclic amines) is 1. The molecule has 0 bridgehead atoms. The van der Waals surface area contributed by atoms with Crippen LogP contribution < -0.4 is 15.4 Å². The Morgan fingerprint density at radius 1 is 1.00 bits per heavy atom.